The summed E-state index contributed by atoms with van der Waals surface area (Å²) >= 11 is 0. The number of hydrogen-bond acceptors (Lipinski definition) is 3. The molecule has 1 rings (SSSR count). The molecule has 0 fully saturated rings. The minimum Gasteiger partial charge on any atom is -0.472 e. The SMILES string of the molecule is CCCNCCOCc1ccoc1. The summed E-state index contributed by atoms with van der Waals surface area (Å²) < 4.78 is 10.3. The standard InChI is InChI=1S/C10H17NO2/c1-2-4-11-5-7-13-9-10-3-6-12-8-10/h3,6,8,11H,2,4-5,7,9H2,1H3. The highest BCUT2D eigenvalue weighted by atomic mass is 16.5. The highest BCUT2D eigenvalue weighted by molar-refractivity contribution is 5.02. The maximum Gasteiger partial charge on any atom is 0.0957 e. The highest BCUT2D eigenvalue weighted by Crippen LogP contribution is 2.00. The third-order valence-electron chi connectivity index (χ3n) is 1.70. The van der Waals surface area contributed by atoms with E-state index in [4.69, 9.17) is 9.15 Å². The molecule has 0 radical (unpaired) electrons. The monoisotopic (exact) mass is 183 g/mol. The Bertz CT molecular complexity index is 197. The van der Waals surface area contributed by atoms with E-state index in [-0.39, 0.29) is 0 Å². The van der Waals surface area contributed by atoms with Crippen LogP contribution in [-0.4, -0.2) is 19.7 Å². The first kappa shape index (κ1) is 10.3. The lowest BCUT2D eigenvalue weighted by Crippen LogP contribution is -2.20. The van der Waals surface area contributed by atoms with Crippen molar-refractivity contribution in [1.82, 2.24) is 5.32 Å². The van der Waals surface area contributed by atoms with Crippen LogP contribution in [0.5, 0.6) is 0 Å². The van der Waals surface area contributed by atoms with E-state index in [1.165, 1.54) is 6.42 Å². The summed E-state index contributed by atoms with van der Waals surface area (Å²) in [4.78, 5) is 0. The van der Waals surface area contributed by atoms with Crippen LogP contribution in [0.4, 0.5) is 0 Å². The van der Waals surface area contributed by atoms with Crippen molar-refractivity contribution in [1.29, 1.82) is 0 Å². The molecule has 74 valence electrons. The van der Waals surface area contributed by atoms with Crippen molar-refractivity contribution < 1.29 is 9.15 Å². The number of nitrogens with one attached hydrogen (secondary N) is 1. The number of ether oxygens (including phenoxy) is 1. The smallest absolute Gasteiger partial charge is 0.0957 e. The average Bonchev–Trinajstić information content (AvgIpc) is 2.63. The van der Waals surface area contributed by atoms with Gasteiger partial charge in [-0.15, -0.1) is 0 Å². The first-order chi connectivity index (χ1) is 6.43. The molecule has 0 aromatic carbocycles. The minimum atomic E-state index is 0.643. The van der Waals surface area contributed by atoms with Crippen molar-refractivity contribution in [2.75, 3.05) is 19.7 Å². The largest absolute Gasteiger partial charge is 0.472 e. The van der Waals surface area contributed by atoms with Crippen molar-refractivity contribution >= 4 is 0 Å². The predicted molar refractivity (Wildman–Crippen MR) is 51.5 cm³/mol. The second-order valence-corrected chi connectivity index (χ2v) is 2.93. The van der Waals surface area contributed by atoms with E-state index >= 15 is 0 Å². The Morgan fingerprint density at radius 2 is 2.38 bits per heavy atom. The molecule has 0 saturated heterocycles. The van der Waals surface area contributed by atoms with E-state index in [9.17, 15) is 0 Å². The Balaban J connectivity index is 1.90. The molecule has 0 aliphatic heterocycles. The van der Waals surface area contributed by atoms with Gasteiger partial charge < -0.3 is 14.5 Å². The number of furan rings is 1. The van der Waals surface area contributed by atoms with E-state index in [2.05, 4.69) is 12.2 Å². The third kappa shape index (κ3) is 4.70. The molecule has 3 nitrogen and oxygen atoms in total. The van der Waals surface area contributed by atoms with Gasteiger partial charge >= 0.3 is 0 Å². The van der Waals surface area contributed by atoms with Crippen LogP contribution in [0, 0.1) is 0 Å². The molecule has 1 aromatic rings. The normalized spacial score (nSPS) is 10.5. The zero-order valence-electron chi connectivity index (χ0n) is 8.08. The van der Waals surface area contributed by atoms with Gasteiger partial charge in [0.2, 0.25) is 0 Å². The van der Waals surface area contributed by atoms with Crippen molar-refractivity contribution in [3.05, 3.63) is 24.2 Å². The van der Waals surface area contributed by atoms with Gasteiger partial charge in [0.1, 0.15) is 0 Å². The van der Waals surface area contributed by atoms with Crippen LogP contribution in [0.25, 0.3) is 0 Å². The first-order valence-electron chi connectivity index (χ1n) is 4.73. The Labute approximate surface area is 79.1 Å². The summed E-state index contributed by atoms with van der Waals surface area (Å²) in [7, 11) is 0. The molecule has 0 saturated carbocycles. The zero-order chi connectivity index (χ0) is 9.36. The molecule has 1 aromatic heterocycles. The van der Waals surface area contributed by atoms with Crippen molar-refractivity contribution in [3.63, 3.8) is 0 Å². The van der Waals surface area contributed by atoms with Crippen molar-refractivity contribution in [2.24, 2.45) is 0 Å². The maximum absolute atomic E-state index is 5.40. The molecule has 1 N–H and O–H groups in total. The van der Waals surface area contributed by atoms with Crippen LogP contribution in [-0.2, 0) is 11.3 Å². The summed E-state index contributed by atoms with van der Waals surface area (Å²) in [5.41, 5.74) is 1.09. The Kier molecular flexibility index (Phi) is 5.29. The molecule has 13 heavy (non-hydrogen) atoms. The Morgan fingerprint density at radius 1 is 1.46 bits per heavy atom. The van der Waals surface area contributed by atoms with Gasteiger partial charge in [0.25, 0.3) is 0 Å². The summed E-state index contributed by atoms with van der Waals surface area (Å²) in [6, 6.07) is 1.92. The van der Waals surface area contributed by atoms with Crippen LogP contribution in [0.15, 0.2) is 23.0 Å². The van der Waals surface area contributed by atoms with Gasteiger partial charge in [0, 0.05) is 12.1 Å². The van der Waals surface area contributed by atoms with E-state index in [1.54, 1.807) is 12.5 Å². The molecule has 0 aliphatic rings. The summed E-state index contributed by atoms with van der Waals surface area (Å²) in [5, 5.41) is 3.27. The van der Waals surface area contributed by atoms with Crippen LogP contribution >= 0.6 is 0 Å². The summed E-state index contributed by atoms with van der Waals surface area (Å²) in [6.07, 6.45) is 4.54. The molecule has 1 heterocycles. The van der Waals surface area contributed by atoms with Crippen LogP contribution in [0.1, 0.15) is 18.9 Å². The second-order valence-electron chi connectivity index (χ2n) is 2.93. The lowest BCUT2D eigenvalue weighted by molar-refractivity contribution is 0.122. The molecular formula is C10H17NO2. The first-order valence-corrected chi connectivity index (χ1v) is 4.73. The molecule has 0 spiro atoms. The van der Waals surface area contributed by atoms with E-state index in [0.29, 0.717) is 6.61 Å². The van der Waals surface area contributed by atoms with Gasteiger partial charge in [-0.25, -0.2) is 0 Å². The van der Waals surface area contributed by atoms with E-state index in [0.717, 1.165) is 25.3 Å². The van der Waals surface area contributed by atoms with Crippen LogP contribution in [0.2, 0.25) is 0 Å². The zero-order valence-corrected chi connectivity index (χ0v) is 8.08. The maximum atomic E-state index is 5.40. The van der Waals surface area contributed by atoms with E-state index < -0.39 is 0 Å². The fourth-order valence-electron chi connectivity index (χ4n) is 1.01. The topological polar surface area (TPSA) is 34.4 Å². The van der Waals surface area contributed by atoms with Gasteiger partial charge in [-0.1, -0.05) is 6.92 Å². The van der Waals surface area contributed by atoms with Crippen LogP contribution in [0.3, 0.4) is 0 Å². The lowest BCUT2D eigenvalue weighted by atomic mass is 10.4. The van der Waals surface area contributed by atoms with Gasteiger partial charge in [0.05, 0.1) is 25.7 Å². The fraction of sp³-hybridized carbons (Fsp3) is 0.600. The fourth-order valence-corrected chi connectivity index (χ4v) is 1.01. The molecule has 0 amide bonds. The van der Waals surface area contributed by atoms with Crippen molar-refractivity contribution in [3.8, 4) is 0 Å². The molecular weight excluding hydrogens is 166 g/mol. The van der Waals surface area contributed by atoms with Crippen molar-refractivity contribution in [2.45, 2.75) is 20.0 Å². The Hall–Kier alpha value is -0.800. The van der Waals surface area contributed by atoms with Gasteiger partial charge in [-0.05, 0) is 19.0 Å². The lowest BCUT2D eigenvalue weighted by Gasteiger charge is -2.03. The molecule has 3 heteroatoms. The molecule has 0 unspecified atom stereocenters. The molecule has 0 bridgehead atoms. The molecule has 0 aliphatic carbocycles. The summed E-state index contributed by atoms with van der Waals surface area (Å²) in [6.45, 7) is 5.54. The number of rotatable bonds is 7. The summed E-state index contributed by atoms with van der Waals surface area (Å²) in [5.74, 6) is 0. The minimum absolute atomic E-state index is 0.643. The second kappa shape index (κ2) is 6.69. The quantitative estimate of drug-likeness (QED) is 0.654. The predicted octanol–water partition coefficient (Wildman–Crippen LogP) is 1.80. The van der Waals surface area contributed by atoms with Gasteiger partial charge in [-0.2, -0.15) is 0 Å². The van der Waals surface area contributed by atoms with Gasteiger partial charge in [0.15, 0.2) is 0 Å². The average molecular weight is 183 g/mol. The Morgan fingerprint density at radius 3 is 3.08 bits per heavy atom. The van der Waals surface area contributed by atoms with E-state index in [1.807, 2.05) is 6.07 Å². The molecule has 0 atom stereocenters. The van der Waals surface area contributed by atoms with Crippen LogP contribution < -0.4 is 5.32 Å². The number of hydrogen-bond donors (Lipinski definition) is 1. The highest BCUT2D eigenvalue weighted by Gasteiger charge is 1.93. The van der Waals surface area contributed by atoms with Gasteiger partial charge in [-0.3, -0.25) is 0 Å². The third-order valence-corrected chi connectivity index (χ3v) is 1.70.